The van der Waals surface area contributed by atoms with Gasteiger partial charge in [0.25, 0.3) is 0 Å². The van der Waals surface area contributed by atoms with Crippen LogP contribution in [-0.2, 0) is 15.6 Å². The van der Waals surface area contributed by atoms with Crippen molar-refractivity contribution in [1.29, 1.82) is 0 Å². The largest absolute Gasteiger partial charge is 0.300 e. The molecule has 0 aromatic heterocycles. The number of hydrogen-bond donors (Lipinski definition) is 0. The molecule has 8 rings (SSSR count). The van der Waals surface area contributed by atoms with Crippen molar-refractivity contribution >= 4 is 19.0 Å². The third-order valence-corrected chi connectivity index (χ3v) is 17.1. The van der Waals surface area contributed by atoms with Gasteiger partial charge in [0.1, 0.15) is 5.78 Å². The molecule has 0 saturated carbocycles. The van der Waals surface area contributed by atoms with Crippen molar-refractivity contribution in [1.82, 2.24) is 0 Å². The van der Waals surface area contributed by atoms with Crippen LogP contribution < -0.4 is 5.30 Å². The SMILES string of the molecule is Cc1cccc(C)c1C(c1ccccc1)c1cccc(C(c2ccccc2)c2c(C)cccc2C)c1P1C(c2ccc(C(C)(C)C)cc2)CC(=O)CC1c1ccc(C(C)(C)C)cc1. The average Bonchev–Trinajstić information content (AvgIpc) is 3.26. The smallest absolute Gasteiger partial charge is 0.134 e. The van der Waals surface area contributed by atoms with Gasteiger partial charge in [-0.3, -0.25) is 4.79 Å². The summed E-state index contributed by atoms with van der Waals surface area (Å²) in [6, 6.07) is 62.0. The van der Waals surface area contributed by atoms with Gasteiger partial charge in [0, 0.05) is 36.0 Å². The first kappa shape index (κ1) is 44.3. The fourth-order valence-electron chi connectivity index (χ4n) is 10.4. The molecule has 1 nitrogen and oxygen atoms in total. The molecule has 1 aliphatic rings. The van der Waals surface area contributed by atoms with Gasteiger partial charge < -0.3 is 0 Å². The van der Waals surface area contributed by atoms with E-state index in [1.54, 1.807) is 0 Å². The molecule has 1 aliphatic heterocycles. The van der Waals surface area contributed by atoms with E-state index in [9.17, 15) is 4.79 Å². The van der Waals surface area contributed by atoms with Crippen LogP contribution in [0.15, 0.2) is 164 Å². The number of ketones is 1. The second kappa shape index (κ2) is 18.0. The summed E-state index contributed by atoms with van der Waals surface area (Å²) in [7, 11) is -1.08. The Morgan fingerprint density at radius 1 is 0.429 bits per heavy atom. The minimum atomic E-state index is -1.08. The second-order valence-corrected chi connectivity index (χ2v) is 22.7. The minimum Gasteiger partial charge on any atom is -0.300 e. The topological polar surface area (TPSA) is 17.1 Å². The number of hydrogen-bond acceptors (Lipinski definition) is 1. The van der Waals surface area contributed by atoms with Crippen molar-refractivity contribution in [3.8, 4) is 0 Å². The van der Waals surface area contributed by atoms with Gasteiger partial charge >= 0.3 is 0 Å². The summed E-state index contributed by atoms with van der Waals surface area (Å²) in [6.45, 7) is 22.9. The van der Waals surface area contributed by atoms with Gasteiger partial charge in [-0.2, -0.15) is 0 Å². The van der Waals surface area contributed by atoms with Crippen molar-refractivity contribution in [2.24, 2.45) is 0 Å². The molecule has 0 bridgehead atoms. The van der Waals surface area contributed by atoms with E-state index in [0.717, 1.165) is 0 Å². The fraction of sp³-hybridized carbons (Fsp3) is 0.295. The van der Waals surface area contributed by atoms with E-state index >= 15 is 0 Å². The first-order chi connectivity index (χ1) is 30.1. The Hall–Kier alpha value is -5.36. The van der Waals surface area contributed by atoms with Crippen molar-refractivity contribution in [3.63, 3.8) is 0 Å². The molecule has 2 heteroatoms. The second-order valence-electron chi connectivity index (χ2n) is 20.2. The Labute approximate surface area is 379 Å². The highest BCUT2D eigenvalue weighted by atomic mass is 31.1. The van der Waals surface area contributed by atoms with Crippen LogP contribution >= 0.6 is 7.92 Å². The third kappa shape index (κ3) is 9.06. The van der Waals surface area contributed by atoms with Crippen LogP contribution in [0.5, 0.6) is 0 Å². The van der Waals surface area contributed by atoms with Gasteiger partial charge in [-0.15, -0.1) is 0 Å². The molecule has 7 aromatic rings. The highest BCUT2D eigenvalue weighted by molar-refractivity contribution is 7.66. The molecule has 0 radical (unpaired) electrons. The molecule has 0 amide bonds. The molecule has 4 atom stereocenters. The first-order valence-corrected chi connectivity index (χ1v) is 24.5. The van der Waals surface area contributed by atoms with Gasteiger partial charge in [0.15, 0.2) is 0 Å². The first-order valence-electron chi connectivity index (χ1n) is 23.0. The third-order valence-electron chi connectivity index (χ3n) is 13.7. The molecule has 1 fully saturated rings. The molecular formula is C61H65OP. The van der Waals surface area contributed by atoms with Gasteiger partial charge in [0.05, 0.1) is 0 Å². The van der Waals surface area contributed by atoms with Gasteiger partial charge in [-0.1, -0.05) is 213 Å². The van der Waals surface area contributed by atoms with Gasteiger partial charge in [-0.05, 0) is 122 Å². The average molecular weight is 845 g/mol. The van der Waals surface area contributed by atoms with E-state index in [1.165, 1.54) is 83.2 Å². The number of Topliss-reactive ketones (excluding diaryl/α,β-unsaturated/α-hetero) is 1. The monoisotopic (exact) mass is 844 g/mol. The van der Waals surface area contributed by atoms with Crippen molar-refractivity contribution in [2.75, 3.05) is 0 Å². The lowest BCUT2D eigenvalue weighted by molar-refractivity contribution is -0.119. The number of carbonyl (C=O) groups is 1. The predicted octanol–water partition coefficient (Wildman–Crippen LogP) is 15.8. The Morgan fingerprint density at radius 3 is 1.10 bits per heavy atom. The van der Waals surface area contributed by atoms with E-state index in [0.29, 0.717) is 18.6 Å². The Kier molecular flexibility index (Phi) is 12.7. The Bertz CT molecular complexity index is 2470. The summed E-state index contributed by atoms with van der Waals surface area (Å²) in [5.41, 5.74) is 18.4. The summed E-state index contributed by atoms with van der Waals surface area (Å²) >= 11 is 0. The van der Waals surface area contributed by atoms with Gasteiger partial charge in [0.2, 0.25) is 0 Å². The maximum Gasteiger partial charge on any atom is 0.134 e. The van der Waals surface area contributed by atoms with E-state index in [2.05, 4.69) is 233 Å². The summed E-state index contributed by atoms with van der Waals surface area (Å²) in [6.07, 6.45) is 1.06. The maximum atomic E-state index is 14.6. The van der Waals surface area contributed by atoms with Crippen LogP contribution in [0, 0.1) is 27.7 Å². The molecule has 4 unspecified atom stereocenters. The fourth-order valence-corrected chi connectivity index (χ4v) is 14.3. The molecule has 320 valence electrons. The molecule has 1 saturated heterocycles. The standard InChI is InChI=1S/C61H65OP/c1-40-20-17-21-41(2)55(40)57(46-24-13-11-14-25-46)51-28-19-29-52(58(47-26-15-12-16-27-47)56-42(3)22-18-23-43(56)4)59(51)63-53(44-30-34-48(35-31-44)60(5,6)7)38-50(62)39-54(63)45-32-36-49(37-33-45)61(8,9)10/h11-37,53-54,57-58H,38-39H2,1-10H3. The molecule has 7 aromatic carbocycles. The zero-order valence-electron chi connectivity index (χ0n) is 39.2. The lowest BCUT2D eigenvalue weighted by Gasteiger charge is -2.43. The number of benzene rings is 7. The lowest BCUT2D eigenvalue weighted by atomic mass is 9.77. The van der Waals surface area contributed by atoms with Crippen LogP contribution in [0.2, 0.25) is 0 Å². The van der Waals surface area contributed by atoms with Crippen molar-refractivity contribution in [2.45, 2.75) is 116 Å². The predicted molar refractivity (Wildman–Crippen MR) is 270 cm³/mol. The summed E-state index contributed by atoms with van der Waals surface area (Å²) in [5, 5.41) is 1.45. The quantitative estimate of drug-likeness (QED) is 0.104. The van der Waals surface area contributed by atoms with Gasteiger partial charge in [-0.25, -0.2) is 0 Å². The Balaban J connectivity index is 1.52. The molecule has 1 heterocycles. The Morgan fingerprint density at radius 2 is 0.762 bits per heavy atom. The van der Waals surface area contributed by atoms with E-state index in [-0.39, 0.29) is 34.0 Å². The van der Waals surface area contributed by atoms with Crippen LogP contribution in [0.25, 0.3) is 0 Å². The highest BCUT2D eigenvalue weighted by Crippen LogP contribution is 2.68. The van der Waals surface area contributed by atoms with Crippen molar-refractivity contribution in [3.05, 3.63) is 242 Å². The molecule has 0 aliphatic carbocycles. The summed E-state index contributed by atoms with van der Waals surface area (Å²) in [4.78, 5) is 14.6. The molecular weight excluding hydrogens is 780 g/mol. The molecule has 0 N–H and O–H groups in total. The zero-order chi connectivity index (χ0) is 44.6. The highest BCUT2D eigenvalue weighted by Gasteiger charge is 2.44. The summed E-state index contributed by atoms with van der Waals surface area (Å²) < 4.78 is 0. The number of aryl methyl sites for hydroxylation is 4. The van der Waals surface area contributed by atoms with Crippen molar-refractivity contribution < 1.29 is 4.79 Å². The zero-order valence-corrected chi connectivity index (χ0v) is 40.1. The van der Waals surface area contributed by atoms with E-state index in [4.69, 9.17) is 0 Å². The van der Waals surface area contributed by atoms with Crippen LogP contribution in [-0.4, -0.2) is 5.78 Å². The lowest BCUT2D eigenvalue weighted by Crippen LogP contribution is -2.30. The maximum absolute atomic E-state index is 14.6. The number of rotatable bonds is 9. The molecule has 63 heavy (non-hydrogen) atoms. The van der Waals surface area contributed by atoms with E-state index in [1.807, 2.05) is 0 Å². The number of carbonyl (C=O) groups excluding carboxylic acids is 1. The van der Waals surface area contributed by atoms with Crippen LogP contribution in [0.1, 0.15) is 155 Å². The van der Waals surface area contributed by atoms with Crippen LogP contribution in [0.3, 0.4) is 0 Å². The minimum absolute atomic E-state index is 0.0192. The van der Waals surface area contributed by atoms with Crippen LogP contribution in [0.4, 0.5) is 0 Å². The summed E-state index contributed by atoms with van der Waals surface area (Å²) in [5.74, 6) is 0.306. The van der Waals surface area contributed by atoms with E-state index < -0.39 is 7.92 Å². The molecule has 0 spiro atoms. The normalized spacial score (nSPS) is 17.9.